The highest BCUT2D eigenvalue weighted by atomic mass is 16.5. The molecule has 1 fully saturated rings. The molecule has 1 N–H and O–H groups in total. The van der Waals surface area contributed by atoms with E-state index in [1.807, 2.05) is 6.07 Å². The number of rotatable bonds is 5. The molecule has 1 aliphatic heterocycles. The van der Waals surface area contributed by atoms with Gasteiger partial charge in [0.1, 0.15) is 0 Å². The molecule has 0 spiro atoms. The fourth-order valence-electron chi connectivity index (χ4n) is 3.45. The second kappa shape index (κ2) is 8.87. The van der Waals surface area contributed by atoms with Crippen molar-refractivity contribution in [2.24, 2.45) is 0 Å². The summed E-state index contributed by atoms with van der Waals surface area (Å²) in [7, 11) is 0. The lowest BCUT2D eigenvalue weighted by atomic mass is 10.1. The van der Waals surface area contributed by atoms with Gasteiger partial charge in [-0.1, -0.05) is 48.5 Å². The number of amides is 1. The number of nitrogens with one attached hydrogen (secondary N) is 1. The first-order valence-electron chi connectivity index (χ1n) is 9.71. The van der Waals surface area contributed by atoms with Gasteiger partial charge in [0.2, 0.25) is 6.10 Å². The number of benzene rings is 2. The number of ether oxygens (including phenoxy) is 2. The number of carbonyl (C=O) groups excluding carboxylic acids is 2. The lowest BCUT2D eigenvalue weighted by Crippen LogP contribution is -2.44. The van der Waals surface area contributed by atoms with Gasteiger partial charge in [-0.15, -0.1) is 0 Å². The van der Waals surface area contributed by atoms with E-state index in [9.17, 15) is 14.4 Å². The van der Waals surface area contributed by atoms with Crippen LogP contribution < -0.4 is 5.56 Å². The predicted molar refractivity (Wildman–Crippen MR) is 109 cm³/mol. The maximum absolute atomic E-state index is 13.1. The number of aromatic amines is 1. The van der Waals surface area contributed by atoms with E-state index in [1.54, 1.807) is 53.4 Å². The highest BCUT2D eigenvalue weighted by molar-refractivity contribution is 5.89. The monoisotopic (exact) mass is 407 g/mol. The van der Waals surface area contributed by atoms with Gasteiger partial charge in [-0.3, -0.25) is 14.4 Å². The van der Waals surface area contributed by atoms with Crippen molar-refractivity contribution in [1.29, 1.82) is 0 Å². The number of hydrogen-bond donors (Lipinski definition) is 1. The summed E-state index contributed by atoms with van der Waals surface area (Å²) in [5.41, 5.74) is 0.662. The fourth-order valence-corrected chi connectivity index (χ4v) is 3.45. The molecule has 2 heterocycles. The third-order valence-corrected chi connectivity index (χ3v) is 4.99. The standard InChI is InChI=1S/C22H21N3O5/c26-19(14-18-16-8-4-5-9-17(16)21(27)24-23-18)30-20(15-6-2-1-3-7-15)22(28)25-10-12-29-13-11-25/h1-9,20H,10-14H2,(H,24,27)/t20-/m1/s1. The van der Waals surface area contributed by atoms with Crippen LogP contribution in [-0.4, -0.2) is 53.3 Å². The van der Waals surface area contributed by atoms with E-state index < -0.39 is 12.1 Å². The fraction of sp³-hybridized carbons (Fsp3) is 0.273. The number of carbonyl (C=O) groups is 2. The van der Waals surface area contributed by atoms with E-state index in [0.717, 1.165) is 0 Å². The molecule has 8 heteroatoms. The minimum Gasteiger partial charge on any atom is -0.447 e. The predicted octanol–water partition coefficient (Wildman–Crippen LogP) is 1.61. The van der Waals surface area contributed by atoms with E-state index in [0.29, 0.717) is 48.3 Å². The van der Waals surface area contributed by atoms with Gasteiger partial charge in [-0.05, 0) is 6.07 Å². The minimum atomic E-state index is -1.05. The Morgan fingerprint density at radius 2 is 1.70 bits per heavy atom. The van der Waals surface area contributed by atoms with Crippen LogP contribution >= 0.6 is 0 Å². The smallest absolute Gasteiger partial charge is 0.313 e. The molecule has 4 rings (SSSR count). The molecule has 0 radical (unpaired) electrons. The van der Waals surface area contributed by atoms with E-state index in [-0.39, 0.29) is 17.9 Å². The van der Waals surface area contributed by atoms with Crippen LogP contribution in [0.25, 0.3) is 10.8 Å². The molecule has 8 nitrogen and oxygen atoms in total. The molecular weight excluding hydrogens is 386 g/mol. The van der Waals surface area contributed by atoms with Gasteiger partial charge in [-0.25, -0.2) is 5.10 Å². The van der Waals surface area contributed by atoms with Crippen LogP contribution in [0.2, 0.25) is 0 Å². The summed E-state index contributed by atoms with van der Waals surface area (Å²) in [6.45, 7) is 1.81. The molecule has 0 aliphatic carbocycles. The topological polar surface area (TPSA) is 102 Å². The summed E-state index contributed by atoms with van der Waals surface area (Å²) in [5.74, 6) is -0.882. The highest BCUT2D eigenvalue weighted by Crippen LogP contribution is 2.22. The van der Waals surface area contributed by atoms with Crippen molar-refractivity contribution in [1.82, 2.24) is 15.1 Å². The average Bonchev–Trinajstić information content (AvgIpc) is 2.80. The molecule has 154 valence electrons. The molecule has 30 heavy (non-hydrogen) atoms. The Balaban J connectivity index is 1.57. The maximum atomic E-state index is 13.1. The van der Waals surface area contributed by atoms with Gasteiger partial charge in [-0.2, -0.15) is 5.10 Å². The third kappa shape index (κ3) is 4.23. The number of esters is 1. The normalized spacial score (nSPS) is 15.0. The number of nitrogens with zero attached hydrogens (tertiary/aromatic N) is 2. The maximum Gasteiger partial charge on any atom is 0.313 e. The molecule has 1 saturated heterocycles. The molecule has 1 aliphatic rings. The van der Waals surface area contributed by atoms with Crippen molar-refractivity contribution >= 4 is 22.6 Å². The van der Waals surface area contributed by atoms with Gasteiger partial charge in [0, 0.05) is 24.0 Å². The summed E-state index contributed by atoms with van der Waals surface area (Å²) in [4.78, 5) is 39.4. The molecule has 2 aromatic carbocycles. The first-order valence-corrected chi connectivity index (χ1v) is 9.71. The zero-order chi connectivity index (χ0) is 20.9. The van der Waals surface area contributed by atoms with Gasteiger partial charge >= 0.3 is 5.97 Å². The molecular formula is C22H21N3O5. The number of hydrogen-bond acceptors (Lipinski definition) is 6. The number of H-pyrrole nitrogens is 1. The Morgan fingerprint density at radius 3 is 2.43 bits per heavy atom. The summed E-state index contributed by atoms with van der Waals surface area (Å²) >= 11 is 0. The van der Waals surface area contributed by atoms with Crippen LogP contribution in [0.5, 0.6) is 0 Å². The Bertz CT molecular complexity index is 1110. The zero-order valence-corrected chi connectivity index (χ0v) is 16.2. The zero-order valence-electron chi connectivity index (χ0n) is 16.2. The SMILES string of the molecule is O=C(Cc1n[nH]c(=O)c2ccccc12)O[C@@H](C(=O)N1CCOCC1)c1ccccc1. The van der Waals surface area contributed by atoms with Crippen LogP contribution in [0, 0.1) is 0 Å². The van der Waals surface area contributed by atoms with Crippen molar-refractivity contribution < 1.29 is 19.1 Å². The van der Waals surface area contributed by atoms with E-state index >= 15 is 0 Å². The number of fused-ring (bicyclic) bond motifs is 1. The minimum absolute atomic E-state index is 0.170. The lowest BCUT2D eigenvalue weighted by Gasteiger charge is -2.30. The first-order chi connectivity index (χ1) is 14.6. The van der Waals surface area contributed by atoms with E-state index in [4.69, 9.17) is 9.47 Å². The van der Waals surface area contributed by atoms with Crippen molar-refractivity contribution in [2.75, 3.05) is 26.3 Å². The molecule has 0 bridgehead atoms. The largest absolute Gasteiger partial charge is 0.447 e. The van der Waals surface area contributed by atoms with Crippen molar-refractivity contribution in [3.8, 4) is 0 Å². The average molecular weight is 407 g/mol. The quantitative estimate of drug-likeness (QED) is 0.645. The summed E-state index contributed by atoms with van der Waals surface area (Å²) in [6.07, 6.45) is -1.22. The molecule has 0 unspecified atom stereocenters. The van der Waals surface area contributed by atoms with Gasteiger partial charge in [0.25, 0.3) is 11.5 Å². The Labute approximate surface area is 172 Å². The van der Waals surface area contributed by atoms with Crippen LogP contribution in [0.1, 0.15) is 17.4 Å². The number of morpholine rings is 1. The van der Waals surface area contributed by atoms with Crippen molar-refractivity contribution in [3.63, 3.8) is 0 Å². The summed E-state index contributed by atoms with van der Waals surface area (Å²) < 4.78 is 10.9. The summed E-state index contributed by atoms with van der Waals surface area (Å²) in [6, 6.07) is 15.8. The molecule has 1 amide bonds. The van der Waals surface area contributed by atoms with Crippen molar-refractivity contribution in [3.05, 3.63) is 76.2 Å². The second-order valence-electron chi connectivity index (χ2n) is 6.94. The Hall–Kier alpha value is -3.52. The summed E-state index contributed by atoms with van der Waals surface area (Å²) in [5, 5.41) is 7.44. The van der Waals surface area contributed by atoms with Crippen LogP contribution in [0.4, 0.5) is 0 Å². The van der Waals surface area contributed by atoms with Crippen LogP contribution in [0.3, 0.4) is 0 Å². The third-order valence-electron chi connectivity index (χ3n) is 4.99. The number of aromatic nitrogens is 2. The Kier molecular flexibility index (Phi) is 5.85. The van der Waals surface area contributed by atoms with Crippen LogP contribution in [-0.2, 0) is 25.5 Å². The second-order valence-corrected chi connectivity index (χ2v) is 6.94. The van der Waals surface area contributed by atoms with E-state index in [2.05, 4.69) is 10.2 Å². The molecule has 3 aromatic rings. The van der Waals surface area contributed by atoms with Gasteiger partial charge in [0.15, 0.2) is 0 Å². The van der Waals surface area contributed by atoms with Crippen molar-refractivity contribution in [2.45, 2.75) is 12.5 Å². The Morgan fingerprint density at radius 1 is 1.03 bits per heavy atom. The lowest BCUT2D eigenvalue weighted by molar-refractivity contribution is -0.162. The van der Waals surface area contributed by atoms with Gasteiger partial charge in [0.05, 0.1) is 30.7 Å². The molecule has 1 aromatic heterocycles. The van der Waals surface area contributed by atoms with Crippen LogP contribution in [0.15, 0.2) is 59.4 Å². The first kappa shape index (κ1) is 19.8. The van der Waals surface area contributed by atoms with E-state index in [1.165, 1.54) is 0 Å². The molecule has 1 atom stereocenters. The van der Waals surface area contributed by atoms with Gasteiger partial charge < -0.3 is 14.4 Å². The highest BCUT2D eigenvalue weighted by Gasteiger charge is 2.30. The molecule has 0 saturated carbocycles.